The highest BCUT2D eigenvalue weighted by atomic mass is 16.5. The topological polar surface area (TPSA) is 146 Å². The van der Waals surface area contributed by atoms with Gasteiger partial charge in [0.05, 0.1) is 18.2 Å². The van der Waals surface area contributed by atoms with E-state index in [4.69, 9.17) is 10.5 Å². The predicted octanol–water partition coefficient (Wildman–Crippen LogP) is 2.33. The van der Waals surface area contributed by atoms with Crippen molar-refractivity contribution >= 4 is 24.1 Å². The first-order valence-electron chi connectivity index (χ1n) is 12.8. The number of nitrogens with two attached hydrogens (primary N) is 1. The van der Waals surface area contributed by atoms with E-state index < -0.39 is 11.5 Å². The van der Waals surface area contributed by atoms with Gasteiger partial charge in [-0.05, 0) is 69.8 Å². The summed E-state index contributed by atoms with van der Waals surface area (Å²) < 4.78 is 8.41. The van der Waals surface area contributed by atoms with Crippen LogP contribution in [0.3, 0.4) is 0 Å². The number of ether oxygens (including phenoxy) is 1. The van der Waals surface area contributed by atoms with E-state index in [9.17, 15) is 14.4 Å². The molecule has 4 aliphatic carbocycles. The molecule has 198 valence electrons. The lowest BCUT2D eigenvalue weighted by atomic mass is 9.48. The fraction of sp³-hybridized carbons (Fsp3) is 0.577. The van der Waals surface area contributed by atoms with Gasteiger partial charge in [0.1, 0.15) is 5.56 Å². The number of primary amides is 1. The van der Waals surface area contributed by atoms with Crippen LogP contribution in [0.5, 0.6) is 0 Å². The van der Waals surface area contributed by atoms with E-state index in [-0.39, 0.29) is 23.3 Å². The number of carbonyl (C=O) groups excluding carboxylic acids is 3. The molecule has 4 aliphatic rings. The second-order valence-electron chi connectivity index (χ2n) is 11.5. The third-order valence-corrected chi connectivity index (χ3v) is 8.40. The normalized spacial score (nSPS) is 28.4. The first-order valence-corrected chi connectivity index (χ1v) is 12.8. The van der Waals surface area contributed by atoms with Crippen LogP contribution in [0.15, 0.2) is 30.7 Å². The summed E-state index contributed by atoms with van der Waals surface area (Å²) in [6.07, 6.45) is 12.7. The van der Waals surface area contributed by atoms with Crippen molar-refractivity contribution in [1.29, 1.82) is 0 Å². The summed E-state index contributed by atoms with van der Waals surface area (Å²) in [6, 6.07) is 1.84. The molecule has 0 radical (unpaired) electrons. The van der Waals surface area contributed by atoms with Gasteiger partial charge in [0.25, 0.3) is 5.91 Å². The summed E-state index contributed by atoms with van der Waals surface area (Å²) in [7, 11) is 1.60. The molecule has 0 saturated heterocycles. The minimum atomic E-state index is -0.765. The third kappa shape index (κ3) is 4.74. The molecule has 0 spiro atoms. The van der Waals surface area contributed by atoms with E-state index in [0.717, 1.165) is 32.1 Å². The zero-order valence-electron chi connectivity index (χ0n) is 21.5. The highest BCUT2D eigenvalue weighted by molar-refractivity contribution is 5.97. The van der Waals surface area contributed by atoms with Crippen LogP contribution in [0, 0.1) is 28.6 Å². The average molecular weight is 510 g/mol. The number of carbonyl (C=O) groups is 3. The molecule has 11 nitrogen and oxygen atoms in total. The van der Waals surface area contributed by atoms with E-state index in [1.807, 2.05) is 0 Å². The SMILES string of the molecule is CNC(=O)C(C)(C)/C=C/n1ncc(C(=O)NC2C3CC4CC2CC(COC(N)=O)(C4)C3)c1-n1cccn1. The number of hydrogen-bond acceptors (Lipinski definition) is 6. The van der Waals surface area contributed by atoms with Crippen LogP contribution in [0.1, 0.15) is 56.3 Å². The van der Waals surface area contributed by atoms with Gasteiger partial charge in [0.15, 0.2) is 5.82 Å². The smallest absolute Gasteiger partial charge is 0.404 e. The summed E-state index contributed by atoms with van der Waals surface area (Å²) in [5.41, 5.74) is 4.86. The number of aromatic nitrogens is 4. The van der Waals surface area contributed by atoms with Gasteiger partial charge in [0, 0.05) is 37.1 Å². The Kier molecular flexibility index (Phi) is 6.33. The maximum Gasteiger partial charge on any atom is 0.404 e. The molecular formula is C26H35N7O4. The molecule has 2 aromatic rings. The molecule has 2 atom stereocenters. The standard InChI is InChI=1S/C26H35N7O4/c1-25(2,23(35)28-3)5-8-33-22(32-7-4-6-29-32)19(14-30-33)21(34)31-20-17-9-16-10-18(20)13-26(11-16,12-17)15-37-24(27)36/h4-8,14,16-18,20H,9-13,15H2,1-3H3,(H2,27,36)(H,28,35)(H,31,34)/b8-5+. The molecule has 37 heavy (non-hydrogen) atoms. The van der Waals surface area contributed by atoms with E-state index in [1.165, 1.54) is 0 Å². The lowest BCUT2D eigenvalue weighted by Gasteiger charge is -2.59. The summed E-state index contributed by atoms with van der Waals surface area (Å²) in [5, 5.41) is 14.8. The van der Waals surface area contributed by atoms with E-state index in [1.54, 1.807) is 67.2 Å². The van der Waals surface area contributed by atoms with Crippen molar-refractivity contribution in [3.8, 4) is 5.82 Å². The maximum absolute atomic E-state index is 13.6. The van der Waals surface area contributed by atoms with Crippen LogP contribution in [0.25, 0.3) is 12.0 Å². The Bertz CT molecular complexity index is 1200. The van der Waals surface area contributed by atoms with E-state index in [2.05, 4.69) is 20.8 Å². The maximum atomic E-state index is 13.6. The van der Waals surface area contributed by atoms with Gasteiger partial charge >= 0.3 is 6.09 Å². The lowest BCUT2D eigenvalue weighted by molar-refractivity contribution is -0.126. The zero-order valence-corrected chi connectivity index (χ0v) is 21.5. The second kappa shape index (κ2) is 9.35. The van der Waals surface area contributed by atoms with E-state index >= 15 is 0 Å². The van der Waals surface area contributed by atoms with Crippen LogP contribution >= 0.6 is 0 Å². The van der Waals surface area contributed by atoms with Crippen LogP contribution in [-0.4, -0.2) is 57.2 Å². The van der Waals surface area contributed by atoms with Crippen molar-refractivity contribution in [2.75, 3.05) is 13.7 Å². The first-order chi connectivity index (χ1) is 17.6. The molecule has 2 aromatic heterocycles. The van der Waals surface area contributed by atoms with Gasteiger partial charge in [-0.25, -0.2) is 14.2 Å². The predicted molar refractivity (Wildman–Crippen MR) is 135 cm³/mol. The van der Waals surface area contributed by atoms with Gasteiger partial charge in [0.2, 0.25) is 5.91 Å². The minimum absolute atomic E-state index is 0.0275. The second-order valence-corrected chi connectivity index (χ2v) is 11.5. The number of hydrogen-bond donors (Lipinski definition) is 3. The quantitative estimate of drug-likeness (QED) is 0.498. The van der Waals surface area contributed by atoms with Gasteiger partial charge in [-0.2, -0.15) is 10.2 Å². The van der Waals surface area contributed by atoms with Crippen LogP contribution in [-0.2, 0) is 9.53 Å². The fourth-order valence-corrected chi connectivity index (χ4v) is 6.96. The largest absolute Gasteiger partial charge is 0.449 e. The fourth-order valence-electron chi connectivity index (χ4n) is 6.96. The summed E-state index contributed by atoms with van der Waals surface area (Å²) in [6.45, 7) is 3.98. The van der Waals surface area contributed by atoms with Crippen molar-refractivity contribution in [2.45, 2.75) is 52.0 Å². The summed E-state index contributed by atoms with van der Waals surface area (Å²) in [5.74, 6) is 1.44. The van der Waals surface area contributed by atoms with Crippen molar-refractivity contribution < 1.29 is 19.1 Å². The third-order valence-electron chi connectivity index (χ3n) is 8.40. The van der Waals surface area contributed by atoms with Gasteiger partial charge in [-0.15, -0.1) is 0 Å². The molecule has 4 fully saturated rings. The summed E-state index contributed by atoms with van der Waals surface area (Å²) in [4.78, 5) is 37.1. The molecule has 4 bridgehead atoms. The highest BCUT2D eigenvalue weighted by Gasteiger charge is 2.56. The molecule has 4 N–H and O–H groups in total. The van der Waals surface area contributed by atoms with Crippen molar-refractivity contribution in [3.63, 3.8) is 0 Å². The highest BCUT2D eigenvalue weighted by Crippen LogP contribution is 2.60. The Hall–Kier alpha value is -3.63. The van der Waals surface area contributed by atoms with Crippen LogP contribution in [0.4, 0.5) is 4.79 Å². The minimum Gasteiger partial charge on any atom is -0.449 e. The summed E-state index contributed by atoms with van der Waals surface area (Å²) >= 11 is 0. The molecule has 2 unspecified atom stereocenters. The lowest BCUT2D eigenvalue weighted by Crippen LogP contribution is -2.60. The molecule has 0 aromatic carbocycles. The molecule has 2 heterocycles. The Morgan fingerprint density at radius 1 is 1.22 bits per heavy atom. The van der Waals surface area contributed by atoms with E-state index in [0.29, 0.717) is 35.7 Å². The Morgan fingerprint density at radius 2 is 1.95 bits per heavy atom. The van der Waals surface area contributed by atoms with Crippen molar-refractivity contribution in [1.82, 2.24) is 30.2 Å². The molecule has 3 amide bonds. The monoisotopic (exact) mass is 509 g/mol. The Labute approximate surface area is 215 Å². The zero-order chi connectivity index (χ0) is 26.4. The Balaban J connectivity index is 1.37. The average Bonchev–Trinajstić information content (AvgIpc) is 3.52. The van der Waals surface area contributed by atoms with Gasteiger partial charge in [-0.1, -0.05) is 6.08 Å². The van der Waals surface area contributed by atoms with Crippen molar-refractivity contribution in [3.05, 3.63) is 36.3 Å². The molecule has 6 rings (SSSR count). The first kappa shape index (κ1) is 25.0. The molecule has 4 saturated carbocycles. The van der Waals surface area contributed by atoms with Crippen LogP contribution in [0.2, 0.25) is 0 Å². The molecular weight excluding hydrogens is 474 g/mol. The number of nitrogens with zero attached hydrogens (tertiary/aromatic N) is 4. The number of amides is 3. The van der Waals surface area contributed by atoms with Gasteiger partial charge in [-0.3, -0.25) is 9.59 Å². The van der Waals surface area contributed by atoms with Gasteiger partial charge < -0.3 is 21.1 Å². The number of nitrogens with one attached hydrogen (secondary N) is 2. The molecule has 0 aliphatic heterocycles. The Morgan fingerprint density at radius 3 is 2.57 bits per heavy atom. The van der Waals surface area contributed by atoms with Crippen molar-refractivity contribution in [2.24, 2.45) is 34.3 Å². The van der Waals surface area contributed by atoms with Crippen LogP contribution < -0.4 is 16.4 Å². The molecule has 11 heteroatoms. The number of rotatable bonds is 8.